The number of carbonyl (C=O) groups excluding carboxylic acids is 2. The maximum Gasteiger partial charge on any atom is 0.304 e. The van der Waals surface area contributed by atoms with E-state index >= 15 is 0 Å². The number of nitrogens with zero attached hydrogens (tertiary/aromatic N) is 3. The van der Waals surface area contributed by atoms with Gasteiger partial charge in [-0.2, -0.15) is 12.7 Å². The largest absolute Gasteiger partial charge is 0.354 e. The van der Waals surface area contributed by atoms with Gasteiger partial charge in [-0.3, -0.25) is 9.59 Å². The van der Waals surface area contributed by atoms with Crippen LogP contribution in [0.25, 0.3) is 0 Å². The number of benzene rings is 2. The van der Waals surface area contributed by atoms with Gasteiger partial charge in [-0.05, 0) is 56.4 Å². The SMILES string of the molecule is CCCCNC(=O)[C@@H](CC)N(Cc1ccc(C)cc1)C(=O)CN(c1cc(C)ccc1C)S(=O)(=O)N(C)C. The van der Waals surface area contributed by atoms with E-state index in [4.69, 9.17) is 0 Å². The quantitative estimate of drug-likeness (QED) is 0.397. The van der Waals surface area contributed by atoms with Gasteiger partial charge in [0.2, 0.25) is 11.8 Å². The number of rotatable bonds is 13. The number of carbonyl (C=O) groups is 2. The molecule has 0 aromatic heterocycles. The molecular formula is C28H42N4O4S. The summed E-state index contributed by atoms with van der Waals surface area (Å²) in [4.78, 5) is 28.6. The maximum absolute atomic E-state index is 13.9. The van der Waals surface area contributed by atoms with E-state index < -0.39 is 28.7 Å². The summed E-state index contributed by atoms with van der Waals surface area (Å²) >= 11 is 0. The van der Waals surface area contributed by atoms with Gasteiger partial charge in [-0.15, -0.1) is 0 Å². The molecule has 8 nitrogen and oxygen atoms in total. The molecule has 0 unspecified atom stereocenters. The maximum atomic E-state index is 13.9. The van der Waals surface area contributed by atoms with Crippen LogP contribution in [0, 0.1) is 20.8 Å². The number of hydrogen-bond acceptors (Lipinski definition) is 4. The van der Waals surface area contributed by atoms with Gasteiger partial charge >= 0.3 is 10.2 Å². The van der Waals surface area contributed by atoms with Gasteiger partial charge in [-0.1, -0.05) is 62.2 Å². The van der Waals surface area contributed by atoms with Crippen LogP contribution in [0.5, 0.6) is 0 Å². The molecule has 0 saturated carbocycles. The van der Waals surface area contributed by atoms with Crippen molar-refractivity contribution in [1.82, 2.24) is 14.5 Å². The number of hydrogen-bond donors (Lipinski definition) is 1. The Kier molecular flexibility index (Phi) is 11.1. The van der Waals surface area contributed by atoms with E-state index in [0.717, 1.165) is 43.7 Å². The molecule has 2 aromatic carbocycles. The Morgan fingerprint density at radius 2 is 1.57 bits per heavy atom. The summed E-state index contributed by atoms with van der Waals surface area (Å²) in [7, 11) is -1.10. The van der Waals surface area contributed by atoms with Gasteiger partial charge in [0, 0.05) is 27.2 Å². The molecule has 1 N–H and O–H groups in total. The molecule has 0 aliphatic heterocycles. The highest BCUT2D eigenvalue weighted by atomic mass is 32.2. The van der Waals surface area contributed by atoms with Gasteiger partial charge in [0.1, 0.15) is 12.6 Å². The Morgan fingerprint density at radius 1 is 0.946 bits per heavy atom. The van der Waals surface area contributed by atoms with Crippen LogP contribution in [0.4, 0.5) is 5.69 Å². The molecule has 2 aromatic rings. The molecule has 0 bridgehead atoms. The van der Waals surface area contributed by atoms with Gasteiger partial charge in [0.05, 0.1) is 5.69 Å². The fourth-order valence-corrected chi connectivity index (χ4v) is 5.12. The number of unbranched alkanes of at least 4 members (excludes halogenated alkanes) is 1. The third kappa shape index (κ3) is 8.04. The number of anilines is 1. The van der Waals surface area contributed by atoms with Crippen molar-refractivity contribution in [3.63, 3.8) is 0 Å². The Balaban J connectivity index is 2.51. The second-order valence-corrected chi connectivity index (χ2v) is 11.7. The lowest BCUT2D eigenvalue weighted by Gasteiger charge is -2.34. The van der Waals surface area contributed by atoms with Gasteiger partial charge in [-0.25, -0.2) is 4.31 Å². The predicted octanol–water partition coefficient (Wildman–Crippen LogP) is 3.95. The van der Waals surface area contributed by atoms with Crippen LogP contribution in [-0.4, -0.2) is 62.7 Å². The molecule has 0 saturated heterocycles. The topological polar surface area (TPSA) is 90.0 Å². The van der Waals surface area contributed by atoms with Crippen LogP contribution in [0.1, 0.15) is 55.4 Å². The summed E-state index contributed by atoms with van der Waals surface area (Å²) in [5.74, 6) is -0.672. The zero-order chi connectivity index (χ0) is 27.8. The van der Waals surface area contributed by atoms with E-state index in [9.17, 15) is 18.0 Å². The molecular weight excluding hydrogens is 488 g/mol. The van der Waals surface area contributed by atoms with Crippen LogP contribution in [0.15, 0.2) is 42.5 Å². The normalized spacial score (nSPS) is 12.3. The zero-order valence-corrected chi connectivity index (χ0v) is 24.1. The highest BCUT2D eigenvalue weighted by molar-refractivity contribution is 7.90. The highest BCUT2D eigenvalue weighted by Crippen LogP contribution is 2.26. The van der Waals surface area contributed by atoms with Crippen LogP contribution < -0.4 is 9.62 Å². The van der Waals surface area contributed by atoms with Crippen LogP contribution >= 0.6 is 0 Å². The van der Waals surface area contributed by atoms with Crippen molar-refractivity contribution < 1.29 is 18.0 Å². The van der Waals surface area contributed by atoms with E-state index in [1.54, 1.807) is 6.07 Å². The summed E-state index contributed by atoms with van der Waals surface area (Å²) in [5.41, 5.74) is 4.01. The van der Waals surface area contributed by atoms with Gasteiger partial charge in [0.15, 0.2) is 0 Å². The first-order valence-electron chi connectivity index (χ1n) is 12.8. The minimum absolute atomic E-state index is 0.196. The first-order valence-corrected chi connectivity index (χ1v) is 14.2. The standard InChI is InChI=1S/C28H42N4O4S/c1-8-10-17-29-28(34)25(9-2)31(19-24-15-12-21(3)13-16-24)27(33)20-32(37(35,36)30(6)7)26-18-22(4)11-14-23(26)5/h11-16,18,25H,8-10,17,19-20H2,1-7H3,(H,29,34)/t25-/m1/s1. The first-order chi connectivity index (χ1) is 17.4. The Hall–Kier alpha value is -2.91. The Morgan fingerprint density at radius 3 is 2.14 bits per heavy atom. The average molecular weight is 531 g/mol. The number of amides is 2. The molecule has 0 aliphatic carbocycles. The molecule has 1 atom stereocenters. The van der Waals surface area contributed by atoms with Crippen molar-refractivity contribution in [2.75, 3.05) is 31.5 Å². The second-order valence-electron chi connectivity index (χ2n) is 9.66. The summed E-state index contributed by atoms with van der Waals surface area (Å²) < 4.78 is 29.0. The zero-order valence-electron chi connectivity index (χ0n) is 23.2. The van der Waals surface area contributed by atoms with E-state index in [-0.39, 0.29) is 12.5 Å². The smallest absolute Gasteiger partial charge is 0.304 e. The minimum Gasteiger partial charge on any atom is -0.354 e. The summed E-state index contributed by atoms with van der Waals surface area (Å²) in [6.45, 7) is 9.89. The van der Waals surface area contributed by atoms with E-state index in [1.807, 2.05) is 71.0 Å². The molecule has 2 rings (SSSR count). The van der Waals surface area contributed by atoms with Crippen molar-refractivity contribution in [3.05, 3.63) is 64.7 Å². The summed E-state index contributed by atoms with van der Waals surface area (Å²) in [5, 5.41) is 2.94. The van der Waals surface area contributed by atoms with Crippen molar-refractivity contribution in [3.8, 4) is 0 Å². The lowest BCUT2D eigenvalue weighted by Crippen LogP contribution is -2.53. The van der Waals surface area contributed by atoms with Crippen LogP contribution in [0.2, 0.25) is 0 Å². The number of aryl methyl sites for hydroxylation is 3. The molecule has 2 amide bonds. The molecule has 204 valence electrons. The third-order valence-electron chi connectivity index (χ3n) is 6.34. The van der Waals surface area contributed by atoms with Crippen molar-refractivity contribution in [2.45, 2.75) is 66.5 Å². The lowest BCUT2D eigenvalue weighted by atomic mass is 10.1. The lowest BCUT2D eigenvalue weighted by molar-refractivity contribution is -0.140. The summed E-state index contributed by atoms with van der Waals surface area (Å²) in [6, 6.07) is 12.5. The van der Waals surface area contributed by atoms with E-state index in [2.05, 4.69) is 5.32 Å². The monoisotopic (exact) mass is 530 g/mol. The third-order valence-corrected chi connectivity index (χ3v) is 8.15. The highest BCUT2D eigenvalue weighted by Gasteiger charge is 2.34. The Bertz CT molecular complexity index is 1160. The fraction of sp³-hybridized carbons (Fsp3) is 0.500. The minimum atomic E-state index is -3.99. The first kappa shape index (κ1) is 30.3. The van der Waals surface area contributed by atoms with E-state index in [0.29, 0.717) is 18.7 Å². The van der Waals surface area contributed by atoms with Gasteiger partial charge in [0.25, 0.3) is 0 Å². The van der Waals surface area contributed by atoms with Crippen molar-refractivity contribution >= 4 is 27.7 Å². The average Bonchev–Trinajstić information content (AvgIpc) is 2.85. The van der Waals surface area contributed by atoms with E-state index in [1.165, 1.54) is 19.0 Å². The molecule has 9 heteroatoms. The summed E-state index contributed by atoms with van der Waals surface area (Å²) in [6.07, 6.45) is 2.19. The molecule has 0 radical (unpaired) electrons. The molecule has 0 aliphatic rings. The molecule has 37 heavy (non-hydrogen) atoms. The molecule has 0 spiro atoms. The van der Waals surface area contributed by atoms with Crippen molar-refractivity contribution in [1.29, 1.82) is 0 Å². The second kappa shape index (κ2) is 13.6. The molecule has 0 heterocycles. The fourth-order valence-electron chi connectivity index (χ4n) is 4.01. The predicted molar refractivity (Wildman–Crippen MR) is 150 cm³/mol. The van der Waals surface area contributed by atoms with Crippen molar-refractivity contribution in [2.24, 2.45) is 0 Å². The van der Waals surface area contributed by atoms with Crippen LogP contribution in [-0.2, 0) is 26.3 Å². The number of nitrogens with one attached hydrogen (secondary N) is 1. The van der Waals surface area contributed by atoms with Gasteiger partial charge < -0.3 is 10.2 Å². The Labute approximate surface area is 222 Å². The molecule has 0 fully saturated rings. The van der Waals surface area contributed by atoms with Crippen LogP contribution in [0.3, 0.4) is 0 Å².